The zero-order valence-electron chi connectivity index (χ0n) is 20.1. The lowest BCUT2D eigenvalue weighted by molar-refractivity contribution is 0.133. The van der Waals surface area contributed by atoms with Gasteiger partial charge in [-0.2, -0.15) is 0 Å². The highest BCUT2D eigenvalue weighted by Gasteiger charge is 2.33. The molecule has 0 bridgehead atoms. The average molecular weight is 516 g/mol. The average Bonchev–Trinajstić information content (AvgIpc) is 3.52. The summed E-state index contributed by atoms with van der Waals surface area (Å²) in [5.41, 5.74) is 2.57. The van der Waals surface area contributed by atoms with Gasteiger partial charge >= 0.3 is 0 Å². The summed E-state index contributed by atoms with van der Waals surface area (Å²) in [4.78, 5) is 4.36. The number of nitrogens with zero attached hydrogens (tertiary/aromatic N) is 5. The van der Waals surface area contributed by atoms with Gasteiger partial charge in [0.15, 0.2) is 17.4 Å². The van der Waals surface area contributed by atoms with Crippen molar-refractivity contribution in [3.8, 4) is 11.4 Å². The zero-order chi connectivity index (χ0) is 24.8. The Kier molecular flexibility index (Phi) is 6.31. The van der Waals surface area contributed by atoms with Gasteiger partial charge in [0, 0.05) is 55.4 Å². The maximum absolute atomic E-state index is 14.6. The minimum absolute atomic E-state index is 0.0452. The molecule has 6 rings (SSSR count). The molecule has 0 saturated carbocycles. The van der Waals surface area contributed by atoms with Gasteiger partial charge in [0.05, 0.1) is 31.6 Å². The number of piperidine rings is 1. The SMILES string of the molecule is COc1cc(N2CCC(c3nnc4n3-c3ccc(Cl)cc3CN([C@@H]3CCOC3)C4)CC2)c(F)cc1F. The van der Waals surface area contributed by atoms with Crippen LogP contribution in [0.4, 0.5) is 14.5 Å². The van der Waals surface area contributed by atoms with Gasteiger partial charge in [-0.15, -0.1) is 10.2 Å². The van der Waals surface area contributed by atoms with Crippen molar-refractivity contribution in [2.24, 2.45) is 0 Å². The molecule has 0 amide bonds. The van der Waals surface area contributed by atoms with E-state index in [1.165, 1.54) is 13.2 Å². The number of fused-ring (bicyclic) bond motifs is 3. The molecule has 3 aliphatic rings. The van der Waals surface area contributed by atoms with Crippen molar-refractivity contribution in [2.75, 3.05) is 38.3 Å². The number of benzene rings is 2. The van der Waals surface area contributed by atoms with Crippen molar-refractivity contribution in [3.63, 3.8) is 0 Å². The van der Waals surface area contributed by atoms with E-state index >= 15 is 0 Å². The largest absolute Gasteiger partial charge is 0.494 e. The van der Waals surface area contributed by atoms with Crippen LogP contribution in [0.25, 0.3) is 5.69 Å². The van der Waals surface area contributed by atoms with Crippen molar-refractivity contribution >= 4 is 17.3 Å². The summed E-state index contributed by atoms with van der Waals surface area (Å²) in [5.74, 6) is 0.771. The molecule has 3 aromatic rings. The molecule has 0 spiro atoms. The normalized spacial score (nSPS) is 20.8. The molecule has 1 atom stereocenters. The molecule has 1 aromatic heterocycles. The predicted molar refractivity (Wildman–Crippen MR) is 132 cm³/mol. The third-order valence-electron chi connectivity index (χ3n) is 7.60. The van der Waals surface area contributed by atoms with Crippen LogP contribution < -0.4 is 9.64 Å². The smallest absolute Gasteiger partial charge is 0.168 e. The fraction of sp³-hybridized carbons (Fsp3) is 0.462. The first-order chi connectivity index (χ1) is 17.5. The maximum atomic E-state index is 14.6. The molecule has 7 nitrogen and oxygen atoms in total. The van der Waals surface area contributed by atoms with E-state index in [-0.39, 0.29) is 11.7 Å². The number of ether oxygens (including phenoxy) is 2. The monoisotopic (exact) mass is 515 g/mol. The lowest BCUT2D eigenvalue weighted by atomic mass is 9.95. The molecular weight excluding hydrogens is 488 g/mol. The molecule has 2 fully saturated rings. The number of hydrogen-bond acceptors (Lipinski definition) is 6. The van der Waals surface area contributed by atoms with Crippen LogP contribution in [-0.4, -0.2) is 59.1 Å². The first-order valence-electron chi connectivity index (χ1n) is 12.3. The molecule has 0 aliphatic carbocycles. The third kappa shape index (κ3) is 4.23. The van der Waals surface area contributed by atoms with E-state index < -0.39 is 11.6 Å². The Morgan fingerprint density at radius 1 is 1.00 bits per heavy atom. The number of methoxy groups -OCH3 is 1. The number of rotatable bonds is 4. The third-order valence-corrected chi connectivity index (χ3v) is 7.83. The van der Waals surface area contributed by atoms with Gasteiger partial charge in [0.1, 0.15) is 11.6 Å². The highest BCUT2D eigenvalue weighted by Crippen LogP contribution is 2.37. The molecule has 2 saturated heterocycles. The van der Waals surface area contributed by atoms with E-state index in [1.807, 2.05) is 17.0 Å². The molecule has 3 aliphatic heterocycles. The molecule has 10 heteroatoms. The summed E-state index contributed by atoms with van der Waals surface area (Å²) in [6, 6.07) is 8.67. The maximum Gasteiger partial charge on any atom is 0.168 e. The Morgan fingerprint density at radius 3 is 2.58 bits per heavy atom. The minimum Gasteiger partial charge on any atom is -0.494 e. The quantitative estimate of drug-likeness (QED) is 0.502. The second-order valence-electron chi connectivity index (χ2n) is 9.70. The van der Waals surface area contributed by atoms with E-state index in [9.17, 15) is 8.78 Å². The Bertz CT molecular complexity index is 1270. The lowest BCUT2D eigenvalue weighted by Gasteiger charge is -2.33. The van der Waals surface area contributed by atoms with Crippen molar-refractivity contribution in [1.82, 2.24) is 19.7 Å². The van der Waals surface area contributed by atoms with E-state index in [0.29, 0.717) is 36.4 Å². The van der Waals surface area contributed by atoms with Crippen LogP contribution in [0.15, 0.2) is 30.3 Å². The first-order valence-corrected chi connectivity index (χ1v) is 12.7. The summed E-state index contributed by atoms with van der Waals surface area (Å²) in [7, 11) is 1.38. The van der Waals surface area contributed by atoms with E-state index in [1.54, 1.807) is 0 Å². The molecule has 4 heterocycles. The van der Waals surface area contributed by atoms with Crippen molar-refractivity contribution < 1.29 is 18.3 Å². The Balaban J connectivity index is 1.28. The lowest BCUT2D eigenvalue weighted by Crippen LogP contribution is -2.34. The van der Waals surface area contributed by atoms with Gasteiger partial charge in [-0.05, 0) is 43.0 Å². The van der Waals surface area contributed by atoms with E-state index in [4.69, 9.17) is 21.1 Å². The molecule has 0 unspecified atom stereocenters. The zero-order valence-corrected chi connectivity index (χ0v) is 20.8. The minimum atomic E-state index is -0.697. The van der Waals surface area contributed by atoms with Crippen LogP contribution in [-0.2, 0) is 17.8 Å². The van der Waals surface area contributed by atoms with Crippen molar-refractivity contribution in [3.05, 3.63) is 64.2 Å². The topological polar surface area (TPSA) is 55.7 Å². The number of anilines is 1. The van der Waals surface area contributed by atoms with Gasteiger partial charge in [0.25, 0.3) is 0 Å². The van der Waals surface area contributed by atoms with Crippen molar-refractivity contribution in [1.29, 1.82) is 0 Å². The standard InChI is InChI=1S/C26H28ClF2N5O2/c1-35-24-12-23(20(28)11-21(24)29)32-7-4-16(5-8-32)26-31-30-25-14-33(19-6-9-36-15-19)13-17-10-18(27)2-3-22(17)34(25)26/h2-3,10-12,16,19H,4-9,13-15H2,1H3/t19-/m1/s1. The van der Waals surface area contributed by atoms with Crippen LogP contribution in [0.3, 0.4) is 0 Å². The summed E-state index contributed by atoms with van der Waals surface area (Å²) in [6.07, 6.45) is 2.56. The number of hydrogen-bond donors (Lipinski definition) is 0. The molecule has 36 heavy (non-hydrogen) atoms. The Morgan fingerprint density at radius 2 is 1.83 bits per heavy atom. The summed E-state index contributed by atoms with van der Waals surface area (Å²) >= 11 is 6.39. The summed E-state index contributed by atoms with van der Waals surface area (Å²) in [5, 5.41) is 9.99. The van der Waals surface area contributed by atoms with Crippen LogP contribution in [0.2, 0.25) is 5.02 Å². The van der Waals surface area contributed by atoms with Gasteiger partial charge in [-0.1, -0.05) is 11.6 Å². The second kappa shape index (κ2) is 9.61. The van der Waals surface area contributed by atoms with Crippen LogP contribution in [0, 0.1) is 11.6 Å². The first kappa shape index (κ1) is 23.6. The van der Waals surface area contributed by atoms with Gasteiger partial charge in [-0.3, -0.25) is 9.47 Å². The van der Waals surface area contributed by atoms with Gasteiger partial charge in [0.2, 0.25) is 0 Å². The Hall–Kier alpha value is -2.75. The molecule has 0 N–H and O–H groups in total. The Labute approximate surface area is 213 Å². The molecule has 190 valence electrons. The number of aromatic nitrogens is 3. The molecule has 0 radical (unpaired) electrons. The number of halogens is 3. The van der Waals surface area contributed by atoms with E-state index in [2.05, 4.69) is 25.7 Å². The summed E-state index contributed by atoms with van der Waals surface area (Å²) in [6.45, 7) is 4.21. The van der Waals surface area contributed by atoms with Crippen molar-refractivity contribution in [2.45, 2.75) is 44.3 Å². The predicted octanol–water partition coefficient (Wildman–Crippen LogP) is 4.70. The molecular formula is C26H28ClF2N5O2. The molecule has 2 aromatic carbocycles. The fourth-order valence-electron chi connectivity index (χ4n) is 5.68. The van der Waals surface area contributed by atoms with Crippen LogP contribution in [0.1, 0.15) is 42.4 Å². The van der Waals surface area contributed by atoms with Gasteiger partial charge in [-0.25, -0.2) is 8.78 Å². The summed E-state index contributed by atoms with van der Waals surface area (Å²) < 4.78 is 41.4. The highest BCUT2D eigenvalue weighted by molar-refractivity contribution is 6.30. The van der Waals surface area contributed by atoms with Crippen LogP contribution in [0.5, 0.6) is 5.75 Å². The second-order valence-corrected chi connectivity index (χ2v) is 10.1. The highest BCUT2D eigenvalue weighted by atomic mass is 35.5. The van der Waals surface area contributed by atoms with E-state index in [0.717, 1.165) is 68.0 Å². The van der Waals surface area contributed by atoms with Crippen LogP contribution >= 0.6 is 11.6 Å². The fourth-order valence-corrected chi connectivity index (χ4v) is 5.87. The van der Waals surface area contributed by atoms with Gasteiger partial charge < -0.3 is 14.4 Å².